The highest BCUT2D eigenvalue weighted by Crippen LogP contribution is 2.64. The quantitative estimate of drug-likeness (QED) is 0.173. The fraction of sp³-hybridized carbons (Fsp3) is 0.0164. The van der Waals surface area contributed by atoms with E-state index < -0.39 is 5.41 Å². The summed E-state index contributed by atoms with van der Waals surface area (Å²) in [4.78, 5) is 4.93. The molecular weight excluding hydrogens is 777 g/mol. The first-order valence-corrected chi connectivity index (χ1v) is 22.0. The zero-order chi connectivity index (χ0) is 42.2. The first-order valence-electron chi connectivity index (χ1n) is 22.0. The molecule has 1 aromatic heterocycles. The summed E-state index contributed by atoms with van der Waals surface area (Å²) in [5.41, 5.74) is 20.0. The topological polar surface area (TPSA) is 19.6 Å². The zero-order valence-electron chi connectivity index (χ0n) is 34.9. The van der Waals surface area contributed by atoms with Crippen LogP contribution in [0.1, 0.15) is 22.3 Å². The number of hydrogen-bond acceptors (Lipinski definition) is 3. The van der Waals surface area contributed by atoms with E-state index in [2.05, 4.69) is 240 Å². The molecule has 0 unspecified atom stereocenters. The highest BCUT2D eigenvalue weighted by Gasteiger charge is 2.51. The highest BCUT2D eigenvalue weighted by atomic mass is 16.3. The van der Waals surface area contributed by atoms with Crippen LogP contribution in [0.15, 0.2) is 247 Å². The van der Waals surface area contributed by atoms with Gasteiger partial charge in [-0.05, 0) is 128 Å². The Morgan fingerprint density at radius 3 is 1.23 bits per heavy atom. The lowest BCUT2D eigenvalue weighted by Crippen LogP contribution is -2.42. The maximum Gasteiger partial charge on any atom is 0.136 e. The van der Waals surface area contributed by atoms with Gasteiger partial charge >= 0.3 is 0 Å². The van der Waals surface area contributed by atoms with E-state index in [1.54, 1.807) is 0 Å². The van der Waals surface area contributed by atoms with Gasteiger partial charge in [-0.25, -0.2) is 0 Å². The Balaban J connectivity index is 1.01. The van der Waals surface area contributed by atoms with Gasteiger partial charge in [0.25, 0.3) is 0 Å². The molecule has 0 bridgehead atoms. The minimum absolute atomic E-state index is 0.650. The molecule has 0 amide bonds. The lowest BCUT2D eigenvalue weighted by Gasteiger charge is -2.51. The summed E-state index contributed by atoms with van der Waals surface area (Å²) < 4.78 is 6.30. The molecule has 0 aliphatic carbocycles. The van der Waals surface area contributed by atoms with Crippen LogP contribution in [0.5, 0.6) is 0 Å². The SMILES string of the molecule is c1ccc(-c2ccc(N3c4ccccc4C4(c5ccccc53)c3ccccc3N(c3ccc(-c5ccc6c(c5)oc5ccccc56)cc3)c3ccc(-c5ccccc5)cc34)cc2)cc1. The van der Waals surface area contributed by atoms with Crippen molar-refractivity contribution >= 4 is 56.1 Å². The Morgan fingerprint density at radius 2 is 0.656 bits per heavy atom. The fourth-order valence-corrected chi connectivity index (χ4v) is 10.6. The van der Waals surface area contributed by atoms with Crippen LogP contribution in [0.25, 0.3) is 55.3 Å². The second-order valence-electron chi connectivity index (χ2n) is 16.8. The fourth-order valence-electron chi connectivity index (χ4n) is 10.6. The molecule has 10 aromatic carbocycles. The molecule has 3 heteroatoms. The number of para-hydroxylation sites is 4. The summed E-state index contributed by atoms with van der Waals surface area (Å²) in [5.74, 6) is 0. The van der Waals surface area contributed by atoms with Crippen molar-refractivity contribution in [3.63, 3.8) is 0 Å². The van der Waals surface area contributed by atoms with Gasteiger partial charge in [-0.15, -0.1) is 0 Å². The van der Waals surface area contributed by atoms with Crippen molar-refractivity contribution in [2.75, 3.05) is 9.80 Å². The second-order valence-corrected chi connectivity index (χ2v) is 16.8. The van der Waals surface area contributed by atoms with Gasteiger partial charge in [0, 0.05) is 22.1 Å². The third-order valence-corrected chi connectivity index (χ3v) is 13.5. The minimum atomic E-state index is -0.650. The van der Waals surface area contributed by atoms with Crippen molar-refractivity contribution in [1.82, 2.24) is 0 Å². The number of furan rings is 1. The van der Waals surface area contributed by atoms with Gasteiger partial charge < -0.3 is 14.2 Å². The summed E-state index contributed by atoms with van der Waals surface area (Å²) in [6.07, 6.45) is 0. The van der Waals surface area contributed by atoms with Crippen molar-refractivity contribution in [2.45, 2.75) is 5.41 Å². The van der Waals surface area contributed by atoms with Crippen molar-refractivity contribution < 1.29 is 4.42 Å². The van der Waals surface area contributed by atoms with Crippen LogP contribution in [-0.2, 0) is 5.41 Å². The Kier molecular flexibility index (Phi) is 8.13. The molecule has 3 nitrogen and oxygen atoms in total. The van der Waals surface area contributed by atoms with Crippen molar-refractivity contribution in [3.8, 4) is 33.4 Å². The molecule has 2 aliphatic heterocycles. The van der Waals surface area contributed by atoms with E-state index >= 15 is 0 Å². The predicted octanol–water partition coefficient (Wildman–Crippen LogP) is 16.5. The van der Waals surface area contributed by atoms with Crippen molar-refractivity contribution in [2.24, 2.45) is 0 Å². The Hall–Kier alpha value is -8.40. The monoisotopic (exact) mass is 816 g/mol. The van der Waals surface area contributed by atoms with Crippen LogP contribution in [0.2, 0.25) is 0 Å². The zero-order valence-corrected chi connectivity index (χ0v) is 34.9. The van der Waals surface area contributed by atoms with Gasteiger partial charge in [0.15, 0.2) is 0 Å². The van der Waals surface area contributed by atoms with Crippen LogP contribution in [0.4, 0.5) is 34.1 Å². The van der Waals surface area contributed by atoms with Gasteiger partial charge in [0.05, 0.1) is 28.2 Å². The van der Waals surface area contributed by atoms with Gasteiger partial charge in [0.2, 0.25) is 0 Å². The van der Waals surface area contributed by atoms with E-state index in [0.717, 1.165) is 55.8 Å². The van der Waals surface area contributed by atoms with E-state index in [-0.39, 0.29) is 0 Å². The van der Waals surface area contributed by atoms with Crippen LogP contribution in [-0.4, -0.2) is 0 Å². The van der Waals surface area contributed by atoms with Crippen molar-refractivity contribution in [1.29, 1.82) is 0 Å². The van der Waals surface area contributed by atoms with Crippen LogP contribution >= 0.6 is 0 Å². The van der Waals surface area contributed by atoms with Crippen molar-refractivity contribution in [3.05, 3.63) is 265 Å². The molecule has 3 heterocycles. The third kappa shape index (κ3) is 5.41. The molecule has 0 saturated heterocycles. The Morgan fingerprint density at radius 1 is 0.266 bits per heavy atom. The van der Waals surface area contributed by atoms with Gasteiger partial charge in [0.1, 0.15) is 11.2 Å². The largest absolute Gasteiger partial charge is 0.456 e. The lowest BCUT2D eigenvalue weighted by molar-refractivity contribution is 0.669. The number of hydrogen-bond donors (Lipinski definition) is 0. The molecule has 0 fully saturated rings. The molecule has 13 rings (SSSR count). The molecule has 2 aliphatic rings. The Bertz CT molecular complexity index is 3510. The third-order valence-electron chi connectivity index (χ3n) is 13.5. The summed E-state index contributed by atoms with van der Waals surface area (Å²) >= 11 is 0. The average Bonchev–Trinajstić information content (AvgIpc) is 3.75. The standard InChI is InChI=1S/C61H40N2O/c1-3-15-41(16-4-1)43-27-33-47(34-28-43)62-55-23-11-8-20-51(55)61(52-21-9-12-24-56(52)62)53-22-10-13-25-57(53)63(58-38-32-45(39-54(58)61)42-17-5-2-6-18-42)48-35-29-44(30-36-48)46-31-37-50-49-19-7-14-26-59(49)64-60(50)40-46/h1-40H. The normalized spacial score (nSPS) is 13.4. The molecule has 11 aromatic rings. The summed E-state index contributed by atoms with van der Waals surface area (Å²) in [7, 11) is 0. The summed E-state index contributed by atoms with van der Waals surface area (Å²) in [5, 5.41) is 2.28. The average molecular weight is 817 g/mol. The lowest BCUT2D eigenvalue weighted by atomic mass is 9.60. The molecule has 0 saturated carbocycles. The van der Waals surface area contributed by atoms with Gasteiger partial charge in [-0.2, -0.15) is 0 Å². The van der Waals surface area contributed by atoms with Gasteiger partial charge in [-0.3, -0.25) is 0 Å². The minimum Gasteiger partial charge on any atom is -0.456 e. The van der Waals surface area contributed by atoms with Crippen LogP contribution in [0.3, 0.4) is 0 Å². The molecule has 0 atom stereocenters. The van der Waals surface area contributed by atoms with E-state index in [9.17, 15) is 0 Å². The summed E-state index contributed by atoms with van der Waals surface area (Å²) in [6, 6.07) is 88.5. The van der Waals surface area contributed by atoms with Crippen LogP contribution in [0, 0.1) is 0 Å². The van der Waals surface area contributed by atoms with E-state index in [1.807, 2.05) is 12.1 Å². The smallest absolute Gasteiger partial charge is 0.136 e. The molecule has 64 heavy (non-hydrogen) atoms. The van der Waals surface area contributed by atoms with Crippen LogP contribution < -0.4 is 9.80 Å². The predicted molar refractivity (Wildman–Crippen MR) is 265 cm³/mol. The van der Waals surface area contributed by atoms with E-state index in [1.165, 1.54) is 55.9 Å². The number of nitrogens with zero attached hydrogens (tertiary/aromatic N) is 2. The summed E-state index contributed by atoms with van der Waals surface area (Å²) in [6.45, 7) is 0. The number of fused-ring (bicyclic) bond motifs is 11. The number of benzene rings is 10. The maximum absolute atomic E-state index is 6.30. The van der Waals surface area contributed by atoms with E-state index in [0.29, 0.717) is 0 Å². The van der Waals surface area contributed by atoms with Gasteiger partial charge in [-0.1, -0.05) is 170 Å². The second kappa shape index (κ2) is 14.3. The number of rotatable bonds is 5. The molecule has 1 spiro atoms. The first kappa shape index (κ1) is 36.3. The molecule has 0 radical (unpaired) electrons. The first-order chi connectivity index (χ1) is 31.7. The van der Waals surface area contributed by atoms with E-state index in [4.69, 9.17) is 4.42 Å². The highest BCUT2D eigenvalue weighted by molar-refractivity contribution is 6.06. The molecular formula is C61H40N2O. The molecule has 0 N–H and O–H groups in total. The maximum atomic E-state index is 6.30. The molecule has 300 valence electrons. The number of anilines is 6. The Labute approximate surface area is 372 Å².